The lowest BCUT2D eigenvalue weighted by atomic mass is 9.95. The molecule has 6 heteroatoms. The van der Waals surface area contributed by atoms with Gasteiger partial charge in [0.1, 0.15) is 18.1 Å². The summed E-state index contributed by atoms with van der Waals surface area (Å²) < 4.78 is 51.9. The van der Waals surface area contributed by atoms with E-state index in [2.05, 4.69) is 4.98 Å². The Hall–Kier alpha value is -3.54. The van der Waals surface area contributed by atoms with Crippen LogP contribution >= 0.6 is 0 Å². The predicted molar refractivity (Wildman–Crippen MR) is 119 cm³/mol. The summed E-state index contributed by atoms with van der Waals surface area (Å²) in [7, 11) is 0. The normalized spacial score (nSPS) is 11.5. The van der Waals surface area contributed by atoms with Gasteiger partial charge in [-0.2, -0.15) is 13.2 Å². The second-order valence-corrected chi connectivity index (χ2v) is 7.41. The van der Waals surface area contributed by atoms with Crippen LogP contribution in [-0.2, 0) is 12.8 Å². The largest absolute Gasteiger partial charge is 0.494 e. The Morgan fingerprint density at radius 2 is 1.59 bits per heavy atom. The summed E-state index contributed by atoms with van der Waals surface area (Å²) in [5.41, 5.74) is 2.44. The van der Waals surface area contributed by atoms with Crippen molar-refractivity contribution in [2.45, 2.75) is 26.6 Å². The third-order valence-corrected chi connectivity index (χ3v) is 5.13. The summed E-state index contributed by atoms with van der Waals surface area (Å²) in [4.78, 5) is 4.09. The number of para-hydroxylation sites is 1. The van der Waals surface area contributed by atoms with Crippen LogP contribution in [0.1, 0.15) is 23.6 Å². The maximum Gasteiger partial charge on any atom is 0.418 e. The minimum atomic E-state index is -4.47. The number of aryl methyl sites for hydroxylation is 1. The first-order valence-corrected chi connectivity index (χ1v) is 10.3. The molecule has 0 amide bonds. The van der Waals surface area contributed by atoms with Crippen molar-refractivity contribution < 1.29 is 22.6 Å². The zero-order valence-electron chi connectivity index (χ0n) is 17.7. The summed E-state index contributed by atoms with van der Waals surface area (Å²) in [6, 6.07) is 19.2. The van der Waals surface area contributed by atoms with Crippen LogP contribution in [-0.4, -0.2) is 11.6 Å². The van der Waals surface area contributed by atoms with Gasteiger partial charge in [0.2, 0.25) is 0 Å². The Labute approximate surface area is 184 Å². The van der Waals surface area contributed by atoms with Gasteiger partial charge in [-0.15, -0.1) is 0 Å². The highest BCUT2D eigenvalue weighted by atomic mass is 19.4. The fourth-order valence-corrected chi connectivity index (χ4v) is 3.73. The first kappa shape index (κ1) is 21.7. The van der Waals surface area contributed by atoms with Crippen molar-refractivity contribution in [3.05, 3.63) is 89.6 Å². The van der Waals surface area contributed by atoms with E-state index in [-0.39, 0.29) is 5.52 Å². The highest BCUT2D eigenvalue weighted by molar-refractivity contribution is 5.97. The van der Waals surface area contributed by atoms with Crippen molar-refractivity contribution in [3.8, 4) is 22.6 Å². The lowest BCUT2D eigenvalue weighted by Crippen LogP contribution is -2.07. The maximum atomic E-state index is 13.5. The number of ether oxygens (including phenoxy) is 2. The van der Waals surface area contributed by atoms with Gasteiger partial charge in [0.15, 0.2) is 0 Å². The van der Waals surface area contributed by atoms with E-state index in [0.29, 0.717) is 29.9 Å². The average molecular weight is 437 g/mol. The van der Waals surface area contributed by atoms with Gasteiger partial charge in [-0.05, 0) is 66.4 Å². The molecule has 4 aromatic rings. The van der Waals surface area contributed by atoms with Gasteiger partial charge >= 0.3 is 6.18 Å². The number of benzene rings is 3. The molecule has 0 aliphatic rings. The van der Waals surface area contributed by atoms with E-state index < -0.39 is 11.7 Å². The zero-order chi connectivity index (χ0) is 22.7. The van der Waals surface area contributed by atoms with E-state index in [1.54, 1.807) is 6.07 Å². The molecule has 0 spiro atoms. The monoisotopic (exact) mass is 437 g/mol. The fourth-order valence-electron chi connectivity index (χ4n) is 3.73. The fraction of sp³-hybridized carbons (Fsp3) is 0.192. The van der Waals surface area contributed by atoms with Gasteiger partial charge < -0.3 is 9.47 Å². The van der Waals surface area contributed by atoms with Crippen LogP contribution in [0, 0.1) is 6.92 Å². The van der Waals surface area contributed by atoms with Crippen LogP contribution in [0.15, 0.2) is 72.9 Å². The number of hydrogen-bond donors (Lipinski definition) is 0. The summed E-state index contributed by atoms with van der Waals surface area (Å²) in [5, 5.41) is 0.460. The van der Waals surface area contributed by atoms with E-state index in [1.807, 2.05) is 62.4 Å². The molecule has 0 unspecified atom stereocenters. The van der Waals surface area contributed by atoms with E-state index in [9.17, 15) is 13.2 Å². The van der Waals surface area contributed by atoms with Crippen molar-refractivity contribution in [2.75, 3.05) is 6.61 Å². The molecule has 0 saturated carbocycles. The number of nitrogens with zero attached hydrogens (tertiary/aromatic N) is 1. The second-order valence-electron chi connectivity index (χ2n) is 7.41. The molecule has 3 aromatic carbocycles. The van der Waals surface area contributed by atoms with Gasteiger partial charge in [0, 0.05) is 11.6 Å². The average Bonchev–Trinajstić information content (AvgIpc) is 2.77. The number of halogens is 3. The molecule has 164 valence electrons. The van der Waals surface area contributed by atoms with Gasteiger partial charge in [-0.1, -0.05) is 36.4 Å². The molecule has 0 bridgehead atoms. The minimum absolute atomic E-state index is 0.0559. The van der Waals surface area contributed by atoms with Crippen molar-refractivity contribution in [3.63, 3.8) is 0 Å². The Balaban J connectivity index is 1.68. The van der Waals surface area contributed by atoms with Crippen LogP contribution in [0.2, 0.25) is 0 Å². The summed E-state index contributed by atoms with van der Waals surface area (Å²) in [6.07, 6.45) is -2.99. The molecule has 0 atom stereocenters. The molecular weight excluding hydrogens is 415 g/mol. The maximum absolute atomic E-state index is 13.5. The number of alkyl halides is 3. The molecule has 4 rings (SSSR count). The minimum Gasteiger partial charge on any atom is -0.494 e. The van der Waals surface area contributed by atoms with Crippen LogP contribution in [0.4, 0.5) is 13.2 Å². The standard InChI is InChI=1S/C26H22F3NO2/c1-3-31-20-9-4-7-18(13-20)16-32-21-10-5-8-19(14-21)24-17(2)15-30-25-22(24)11-6-12-23(25)26(27,28)29/h4-15H,3,16H2,1-2H3. The third kappa shape index (κ3) is 4.54. The number of aromatic nitrogens is 1. The first-order valence-electron chi connectivity index (χ1n) is 10.3. The molecule has 3 nitrogen and oxygen atoms in total. The van der Waals surface area contributed by atoms with Crippen LogP contribution < -0.4 is 9.47 Å². The van der Waals surface area contributed by atoms with Crippen molar-refractivity contribution >= 4 is 10.9 Å². The van der Waals surface area contributed by atoms with Crippen molar-refractivity contribution in [1.29, 1.82) is 0 Å². The topological polar surface area (TPSA) is 31.4 Å². The lowest BCUT2D eigenvalue weighted by molar-refractivity contribution is -0.136. The molecular formula is C26H22F3NO2. The predicted octanol–water partition coefficient (Wildman–Crippen LogP) is 7.21. The SMILES string of the molecule is CCOc1cccc(COc2cccc(-c3c(C)cnc4c(C(F)(F)F)cccc34)c2)c1. The van der Waals surface area contributed by atoms with E-state index in [1.165, 1.54) is 12.3 Å². The Morgan fingerprint density at radius 1 is 0.875 bits per heavy atom. The first-order chi connectivity index (χ1) is 15.4. The van der Waals surface area contributed by atoms with Crippen molar-refractivity contribution in [1.82, 2.24) is 4.98 Å². The van der Waals surface area contributed by atoms with Crippen LogP contribution in [0.3, 0.4) is 0 Å². The van der Waals surface area contributed by atoms with Crippen molar-refractivity contribution in [2.24, 2.45) is 0 Å². The summed E-state index contributed by atoms with van der Waals surface area (Å²) in [6.45, 7) is 4.70. The smallest absolute Gasteiger partial charge is 0.418 e. The van der Waals surface area contributed by atoms with Crippen LogP contribution in [0.5, 0.6) is 11.5 Å². The lowest BCUT2D eigenvalue weighted by Gasteiger charge is -2.15. The number of pyridine rings is 1. The molecule has 0 aliphatic heterocycles. The zero-order valence-corrected chi connectivity index (χ0v) is 17.7. The van der Waals surface area contributed by atoms with Gasteiger partial charge in [-0.25, -0.2) is 0 Å². The number of fused-ring (bicyclic) bond motifs is 1. The molecule has 0 fully saturated rings. The molecule has 0 N–H and O–H groups in total. The van der Waals surface area contributed by atoms with E-state index >= 15 is 0 Å². The summed E-state index contributed by atoms with van der Waals surface area (Å²) in [5.74, 6) is 1.40. The number of hydrogen-bond acceptors (Lipinski definition) is 3. The molecule has 32 heavy (non-hydrogen) atoms. The Bertz CT molecular complexity index is 1250. The summed E-state index contributed by atoms with van der Waals surface area (Å²) >= 11 is 0. The number of rotatable bonds is 6. The highest BCUT2D eigenvalue weighted by Gasteiger charge is 2.33. The van der Waals surface area contributed by atoms with Gasteiger partial charge in [0.25, 0.3) is 0 Å². The highest BCUT2D eigenvalue weighted by Crippen LogP contribution is 2.38. The molecule has 0 saturated heterocycles. The Morgan fingerprint density at radius 3 is 2.34 bits per heavy atom. The molecule has 1 aromatic heterocycles. The van der Waals surface area contributed by atoms with Gasteiger partial charge in [0.05, 0.1) is 17.7 Å². The van der Waals surface area contributed by atoms with E-state index in [0.717, 1.165) is 28.5 Å². The molecule has 1 heterocycles. The third-order valence-electron chi connectivity index (χ3n) is 5.13. The second kappa shape index (κ2) is 8.91. The Kier molecular flexibility index (Phi) is 6.04. The van der Waals surface area contributed by atoms with Crippen LogP contribution in [0.25, 0.3) is 22.0 Å². The van der Waals surface area contributed by atoms with E-state index in [4.69, 9.17) is 9.47 Å². The molecule has 0 radical (unpaired) electrons. The van der Waals surface area contributed by atoms with Gasteiger partial charge in [-0.3, -0.25) is 4.98 Å². The molecule has 0 aliphatic carbocycles. The quantitative estimate of drug-likeness (QED) is 0.319.